The molecular weight excluding hydrogens is 643 g/mol. The standard InChI is InChI=1S/C37H41N5O6S/c1-6-16-38-34(44)29-13-12-25(31(41-29)35(45)46)26-20-30-28(32-23(15-18-49-32)14-17-42(30)7-2)19-27(26)33(43)40-24-10-8-22(9-11-24)21-39-36(47)48-37(3,4)5/h8-13,15,18-20H,6-7,14,16-17,21H2,1-5H3,(H,38,44)(H,39,47)(H,40,43)(H,45,46). The number of rotatable bonds is 10. The van der Waals surface area contributed by atoms with Crippen LogP contribution in [-0.4, -0.2) is 59.2 Å². The summed E-state index contributed by atoms with van der Waals surface area (Å²) in [6.45, 7) is 11.5. The fraction of sp³-hybridized carbons (Fsp3) is 0.324. The Balaban J connectivity index is 1.54. The quantitative estimate of drug-likeness (QED) is 0.140. The van der Waals surface area contributed by atoms with Gasteiger partial charge in [0.1, 0.15) is 11.3 Å². The van der Waals surface area contributed by atoms with Crippen molar-refractivity contribution in [2.75, 3.05) is 29.9 Å². The van der Waals surface area contributed by atoms with Crippen molar-refractivity contribution in [3.05, 3.63) is 88.1 Å². The topological polar surface area (TPSA) is 150 Å². The van der Waals surface area contributed by atoms with E-state index in [9.17, 15) is 24.3 Å². The monoisotopic (exact) mass is 683 g/mol. The van der Waals surface area contributed by atoms with Gasteiger partial charge in [-0.15, -0.1) is 11.3 Å². The van der Waals surface area contributed by atoms with Crippen LogP contribution in [-0.2, 0) is 17.7 Å². The molecule has 256 valence electrons. The Morgan fingerprint density at radius 1 is 0.939 bits per heavy atom. The third kappa shape index (κ3) is 8.26. The fourth-order valence-corrected chi connectivity index (χ4v) is 6.58. The summed E-state index contributed by atoms with van der Waals surface area (Å²) in [7, 11) is 0. The number of benzene rings is 2. The van der Waals surface area contributed by atoms with Crippen molar-refractivity contribution in [1.82, 2.24) is 15.6 Å². The van der Waals surface area contributed by atoms with Gasteiger partial charge in [-0.05, 0) is 105 Å². The molecule has 4 aromatic rings. The van der Waals surface area contributed by atoms with Gasteiger partial charge in [0.25, 0.3) is 11.8 Å². The largest absolute Gasteiger partial charge is 0.476 e. The molecule has 11 nitrogen and oxygen atoms in total. The smallest absolute Gasteiger partial charge is 0.407 e. The number of carbonyl (C=O) groups is 4. The summed E-state index contributed by atoms with van der Waals surface area (Å²) in [6, 6.07) is 15.9. The number of aromatic carboxylic acids is 1. The zero-order valence-electron chi connectivity index (χ0n) is 28.3. The third-order valence-corrected chi connectivity index (χ3v) is 8.94. The Hall–Kier alpha value is -5.23. The van der Waals surface area contributed by atoms with Crippen molar-refractivity contribution >= 4 is 46.6 Å². The van der Waals surface area contributed by atoms with Crippen molar-refractivity contribution in [2.45, 2.75) is 59.6 Å². The fourth-order valence-electron chi connectivity index (χ4n) is 5.60. The van der Waals surface area contributed by atoms with E-state index in [1.165, 1.54) is 11.6 Å². The Morgan fingerprint density at radius 2 is 1.69 bits per heavy atom. The van der Waals surface area contributed by atoms with Crippen LogP contribution in [0.15, 0.2) is 60.0 Å². The molecule has 0 saturated heterocycles. The number of pyridine rings is 1. The van der Waals surface area contributed by atoms with E-state index in [1.807, 2.05) is 24.4 Å². The maximum atomic E-state index is 14.2. The van der Waals surface area contributed by atoms with E-state index in [1.54, 1.807) is 62.4 Å². The highest BCUT2D eigenvalue weighted by Crippen LogP contribution is 2.44. The number of anilines is 2. The number of nitrogens with zero attached hydrogens (tertiary/aromatic N) is 2. The van der Waals surface area contributed by atoms with Gasteiger partial charge in [-0.1, -0.05) is 19.1 Å². The molecule has 1 aliphatic rings. The second kappa shape index (κ2) is 14.9. The Bertz CT molecular complexity index is 1880. The van der Waals surface area contributed by atoms with Crippen LogP contribution in [0.4, 0.5) is 16.2 Å². The molecule has 0 saturated carbocycles. The van der Waals surface area contributed by atoms with Gasteiger partial charge in [-0.2, -0.15) is 0 Å². The van der Waals surface area contributed by atoms with Crippen LogP contribution in [0.2, 0.25) is 0 Å². The lowest BCUT2D eigenvalue weighted by atomic mass is 9.92. The Labute approximate surface area is 289 Å². The first-order valence-corrected chi connectivity index (χ1v) is 17.2. The van der Waals surface area contributed by atoms with E-state index in [-0.39, 0.29) is 29.1 Å². The lowest BCUT2D eigenvalue weighted by Gasteiger charge is -2.25. The minimum Gasteiger partial charge on any atom is -0.476 e. The molecule has 3 heterocycles. The first kappa shape index (κ1) is 35.1. The number of thiophene rings is 1. The molecule has 49 heavy (non-hydrogen) atoms. The average Bonchev–Trinajstić information content (AvgIpc) is 3.48. The van der Waals surface area contributed by atoms with Crippen molar-refractivity contribution in [2.24, 2.45) is 0 Å². The molecule has 0 bridgehead atoms. The minimum absolute atomic E-state index is 0.0185. The number of carbonyl (C=O) groups excluding carboxylic acids is 3. The molecule has 0 atom stereocenters. The summed E-state index contributed by atoms with van der Waals surface area (Å²) in [5.74, 6) is -2.23. The van der Waals surface area contributed by atoms with E-state index in [0.29, 0.717) is 24.3 Å². The Morgan fingerprint density at radius 3 is 2.37 bits per heavy atom. The van der Waals surface area contributed by atoms with Gasteiger partial charge < -0.3 is 30.7 Å². The highest BCUT2D eigenvalue weighted by atomic mass is 32.1. The first-order chi connectivity index (χ1) is 23.4. The van der Waals surface area contributed by atoms with Crippen LogP contribution in [0.5, 0.6) is 0 Å². The number of alkyl carbamates (subject to hydrolysis) is 1. The van der Waals surface area contributed by atoms with Crippen LogP contribution in [0, 0.1) is 0 Å². The number of nitrogens with one attached hydrogen (secondary N) is 3. The molecule has 0 unspecified atom stereocenters. The molecular formula is C37H41N5O6S. The summed E-state index contributed by atoms with van der Waals surface area (Å²) < 4.78 is 5.30. The second-order valence-electron chi connectivity index (χ2n) is 12.7. The molecule has 1 aliphatic heterocycles. The molecule has 0 aliphatic carbocycles. The minimum atomic E-state index is -1.31. The molecule has 3 amide bonds. The third-order valence-electron chi connectivity index (χ3n) is 7.95. The van der Waals surface area contributed by atoms with Gasteiger partial charge >= 0.3 is 12.1 Å². The van der Waals surface area contributed by atoms with Gasteiger partial charge in [0.15, 0.2) is 5.69 Å². The number of likely N-dealkylation sites (N-methyl/N-ethyl adjacent to an activating group) is 1. The summed E-state index contributed by atoms with van der Waals surface area (Å²) in [4.78, 5) is 59.1. The number of hydrogen-bond donors (Lipinski definition) is 4. The van der Waals surface area contributed by atoms with Crippen molar-refractivity contribution in [3.63, 3.8) is 0 Å². The van der Waals surface area contributed by atoms with Crippen molar-refractivity contribution in [1.29, 1.82) is 0 Å². The normalized spacial score (nSPS) is 12.3. The highest BCUT2D eigenvalue weighted by molar-refractivity contribution is 7.13. The van der Waals surface area contributed by atoms with Gasteiger partial charge in [0.2, 0.25) is 0 Å². The molecule has 4 N–H and O–H groups in total. The zero-order valence-corrected chi connectivity index (χ0v) is 29.1. The first-order valence-electron chi connectivity index (χ1n) is 16.3. The van der Waals surface area contributed by atoms with Gasteiger partial charge in [-0.3, -0.25) is 9.59 Å². The summed E-state index contributed by atoms with van der Waals surface area (Å²) in [5.41, 5.74) is 4.20. The van der Waals surface area contributed by atoms with Gasteiger partial charge in [0.05, 0.1) is 0 Å². The van der Waals surface area contributed by atoms with Crippen LogP contribution in [0.25, 0.3) is 21.6 Å². The van der Waals surface area contributed by atoms with E-state index >= 15 is 0 Å². The maximum absolute atomic E-state index is 14.2. The van der Waals surface area contributed by atoms with Gasteiger partial charge in [-0.25, -0.2) is 14.6 Å². The van der Waals surface area contributed by atoms with E-state index in [2.05, 4.69) is 38.8 Å². The molecule has 0 fully saturated rings. The van der Waals surface area contributed by atoms with Gasteiger partial charge in [0, 0.05) is 59.1 Å². The predicted molar refractivity (Wildman–Crippen MR) is 192 cm³/mol. The average molecular weight is 684 g/mol. The zero-order chi connectivity index (χ0) is 35.3. The van der Waals surface area contributed by atoms with E-state index in [4.69, 9.17) is 4.74 Å². The summed E-state index contributed by atoms with van der Waals surface area (Å²) >= 11 is 1.60. The molecule has 2 aromatic heterocycles. The van der Waals surface area contributed by atoms with E-state index < -0.39 is 29.5 Å². The number of aromatic nitrogens is 1. The SMILES string of the molecule is CCCNC(=O)c1ccc(-c2cc3c(cc2C(=O)Nc2ccc(CNC(=O)OC(C)(C)C)cc2)-c2sccc2CCN3CC)c(C(=O)O)n1. The number of amides is 3. The van der Waals surface area contributed by atoms with Crippen LogP contribution < -0.4 is 20.9 Å². The number of carboxylic acid groups (broad SMARTS) is 1. The Kier molecular flexibility index (Phi) is 10.7. The van der Waals surface area contributed by atoms with Crippen LogP contribution >= 0.6 is 11.3 Å². The second-order valence-corrected chi connectivity index (χ2v) is 13.6. The maximum Gasteiger partial charge on any atom is 0.407 e. The number of ether oxygens (including phenoxy) is 1. The van der Waals surface area contributed by atoms with Crippen molar-refractivity contribution < 1.29 is 29.0 Å². The number of fused-ring (bicyclic) bond motifs is 3. The molecule has 12 heteroatoms. The molecule has 0 spiro atoms. The van der Waals surface area contributed by atoms with Crippen LogP contribution in [0.3, 0.4) is 0 Å². The number of hydrogen-bond acceptors (Lipinski definition) is 8. The lowest BCUT2D eigenvalue weighted by Crippen LogP contribution is -2.32. The summed E-state index contributed by atoms with van der Waals surface area (Å²) in [6.07, 6.45) is 1.02. The molecule has 2 aromatic carbocycles. The van der Waals surface area contributed by atoms with Crippen LogP contribution in [0.1, 0.15) is 83.5 Å². The number of carboxylic acids is 1. The lowest BCUT2D eigenvalue weighted by molar-refractivity contribution is 0.0522. The molecule has 0 radical (unpaired) electrons. The summed E-state index contributed by atoms with van der Waals surface area (Å²) in [5, 5.41) is 20.7. The van der Waals surface area contributed by atoms with E-state index in [0.717, 1.165) is 41.1 Å². The van der Waals surface area contributed by atoms with Crippen molar-refractivity contribution in [3.8, 4) is 21.6 Å². The highest BCUT2D eigenvalue weighted by Gasteiger charge is 2.28. The molecule has 5 rings (SSSR count). The predicted octanol–water partition coefficient (Wildman–Crippen LogP) is 6.97.